The molecule has 9 heteroatoms. The van der Waals surface area contributed by atoms with Crippen LogP contribution in [0.25, 0.3) is 5.69 Å². The Labute approximate surface area is 198 Å². The standard InChI is InChI=1S/C25H27N7O2/c1-25(2,3)20-14-22(32(31-20)18-8-6-5-7-9-18)30-24(33)29-17-10-12-19(13-11-17)34-23-15-21(26-4)27-16-28-23/h5-16H,1-4H3,(H,26,27,28)(H2,29,30,33). The summed E-state index contributed by atoms with van der Waals surface area (Å²) in [6.07, 6.45) is 1.42. The average molecular weight is 458 g/mol. The Morgan fingerprint density at radius 2 is 1.68 bits per heavy atom. The minimum absolute atomic E-state index is 0.166. The highest BCUT2D eigenvalue weighted by molar-refractivity contribution is 5.99. The molecule has 0 atom stereocenters. The number of hydrogen-bond acceptors (Lipinski definition) is 6. The van der Waals surface area contributed by atoms with Crippen molar-refractivity contribution in [3.8, 4) is 17.3 Å². The van der Waals surface area contributed by atoms with Crippen LogP contribution >= 0.6 is 0 Å². The van der Waals surface area contributed by atoms with Crippen LogP contribution in [0.4, 0.5) is 22.1 Å². The van der Waals surface area contributed by atoms with Crippen LogP contribution in [-0.2, 0) is 5.41 Å². The summed E-state index contributed by atoms with van der Waals surface area (Å²) >= 11 is 0. The van der Waals surface area contributed by atoms with Crippen LogP contribution in [0.1, 0.15) is 26.5 Å². The number of para-hydroxylation sites is 1. The largest absolute Gasteiger partial charge is 0.439 e. The van der Waals surface area contributed by atoms with Gasteiger partial charge in [-0.15, -0.1) is 0 Å². The molecular formula is C25H27N7O2. The summed E-state index contributed by atoms with van der Waals surface area (Å²) in [5, 5.41) is 13.4. The van der Waals surface area contributed by atoms with Gasteiger partial charge in [0.15, 0.2) is 0 Å². The number of carbonyl (C=O) groups is 1. The first-order valence-corrected chi connectivity index (χ1v) is 10.8. The number of urea groups is 1. The third-order valence-corrected chi connectivity index (χ3v) is 4.95. The first-order chi connectivity index (χ1) is 16.3. The van der Waals surface area contributed by atoms with E-state index in [1.165, 1.54) is 6.33 Å². The van der Waals surface area contributed by atoms with Gasteiger partial charge in [-0.2, -0.15) is 5.10 Å². The summed E-state index contributed by atoms with van der Waals surface area (Å²) < 4.78 is 7.48. The van der Waals surface area contributed by atoms with Crippen molar-refractivity contribution in [2.45, 2.75) is 26.2 Å². The topological polar surface area (TPSA) is 106 Å². The predicted molar refractivity (Wildman–Crippen MR) is 133 cm³/mol. The molecule has 0 bridgehead atoms. The lowest BCUT2D eigenvalue weighted by Gasteiger charge is -2.14. The molecule has 4 rings (SSSR count). The van der Waals surface area contributed by atoms with Gasteiger partial charge in [-0.3, -0.25) is 5.32 Å². The van der Waals surface area contributed by atoms with Crippen molar-refractivity contribution in [1.29, 1.82) is 0 Å². The Kier molecular flexibility index (Phi) is 6.44. The second-order valence-electron chi connectivity index (χ2n) is 8.61. The van der Waals surface area contributed by atoms with Gasteiger partial charge in [0.1, 0.15) is 23.7 Å². The third-order valence-electron chi connectivity index (χ3n) is 4.95. The summed E-state index contributed by atoms with van der Waals surface area (Å²) in [5.74, 6) is 2.24. The molecule has 0 aliphatic heterocycles. The molecule has 0 spiro atoms. The number of anilines is 3. The molecule has 0 radical (unpaired) electrons. The van der Waals surface area contributed by atoms with E-state index < -0.39 is 0 Å². The summed E-state index contributed by atoms with van der Waals surface area (Å²) in [4.78, 5) is 20.9. The van der Waals surface area contributed by atoms with Gasteiger partial charge >= 0.3 is 6.03 Å². The smallest absolute Gasteiger partial charge is 0.324 e. The van der Waals surface area contributed by atoms with Crippen LogP contribution in [0, 0.1) is 0 Å². The maximum Gasteiger partial charge on any atom is 0.324 e. The van der Waals surface area contributed by atoms with Crippen LogP contribution in [0.5, 0.6) is 11.6 Å². The minimum atomic E-state index is -0.374. The van der Waals surface area contributed by atoms with Crippen LogP contribution in [0.2, 0.25) is 0 Å². The number of aromatic nitrogens is 4. The van der Waals surface area contributed by atoms with Crippen molar-refractivity contribution < 1.29 is 9.53 Å². The highest BCUT2D eigenvalue weighted by Gasteiger charge is 2.21. The van der Waals surface area contributed by atoms with E-state index in [1.54, 1.807) is 42.1 Å². The Morgan fingerprint density at radius 3 is 2.35 bits per heavy atom. The second-order valence-corrected chi connectivity index (χ2v) is 8.61. The van der Waals surface area contributed by atoms with Crippen molar-refractivity contribution >= 4 is 23.4 Å². The molecule has 0 saturated carbocycles. The molecular weight excluding hydrogens is 430 g/mol. The number of hydrogen-bond donors (Lipinski definition) is 3. The molecule has 0 aliphatic rings. The fourth-order valence-electron chi connectivity index (χ4n) is 3.14. The van der Waals surface area contributed by atoms with E-state index in [1.807, 2.05) is 36.4 Å². The fraction of sp³-hybridized carbons (Fsp3) is 0.200. The highest BCUT2D eigenvalue weighted by atomic mass is 16.5. The second kappa shape index (κ2) is 9.62. The van der Waals surface area contributed by atoms with Crippen molar-refractivity contribution in [1.82, 2.24) is 19.7 Å². The zero-order valence-electron chi connectivity index (χ0n) is 19.5. The number of nitrogens with one attached hydrogen (secondary N) is 3. The van der Waals surface area contributed by atoms with E-state index >= 15 is 0 Å². The normalized spacial score (nSPS) is 11.1. The van der Waals surface area contributed by atoms with Crippen molar-refractivity contribution in [3.63, 3.8) is 0 Å². The van der Waals surface area contributed by atoms with E-state index in [4.69, 9.17) is 9.84 Å². The van der Waals surface area contributed by atoms with E-state index in [0.717, 1.165) is 11.4 Å². The molecule has 0 aliphatic carbocycles. The van der Waals surface area contributed by atoms with E-state index in [-0.39, 0.29) is 11.4 Å². The molecule has 2 aromatic carbocycles. The van der Waals surface area contributed by atoms with Gasteiger partial charge in [0.05, 0.1) is 11.4 Å². The Hall–Kier alpha value is -4.40. The minimum Gasteiger partial charge on any atom is -0.439 e. The molecule has 2 amide bonds. The number of nitrogens with zero attached hydrogens (tertiary/aromatic N) is 4. The number of rotatable bonds is 6. The zero-order valence-corrected chi connectivity index (χ0v) is 19.5. The molecule has 4 aromatic rings. The van der Waals surface area contributed by atoms with Crippen molar-refractivity contribution in [3.05, 3.63) is 78.8 Å². The van der Waals surface area contributed by atoms with Gasteiger partial charge in [-0.05, 0) is 36.4 Å². The number of ether oxygens (including phenoxy) is 1. The van der Waals surface area contributed by atoms with Gasteiger partial charge in [-0.1, -0.05) is 39.0 Å². The zero-order chi connectivity index (χ0) is 24.1. The Balaban J connectivity index is 1.46. The van der Waals surface area contributed by atoms with Gasteiger partial charge in [0.25, 0.3) is 0 Å². The maximum atomic E-state index is 12.8. The van der Waals surface area contributed by atoms with Crippen molar-refractivity contribution in [2.24, 2.45) is 0 Å². The lowest BCUT2D eigenvalue weighted by molar-refractivity contribution is 0.262. The molecule has 174 valence electrons. The third kappa shape index (κ3) is 5.50. The lowest BCUT2D eigenvalue weighted by Crippen LogP contribution is -2.21. The SMILES string of the molecule is CNc1cc(Oc2ccc(NC(=O)Nc3cc(C(C)(C)C)nn3-c3ccccc3)cc2)ncn1. The highest BCUT2D eigenvalue weighted by Crippen LogP contribution is 2.27. The number of carbonyl (C=O) groups excluding carboxylic acids is 1. The Morgan fingerprint density at radius 1 is 0.941 bits per heavy atom. The van der Waals surface area contributed by atoms with Crippen LogP contribution < -0.4 is 20.7 Å². The molecule has 34 heavy (non-hydrogen) atoms. The first kappa shape index (κ1) is 22.8. The molecule has 0 fully saturated rings. The summed E-state index contributed by atoms with van der Waals surface area (Å²) in [7, 11) is 1.77. The van der Waals surface area contributed by atoms with Gasteiger partial charge < -0.3 is 15.4 Å². The van der Waals surface area contributed by atoms with Crippen molar-refractivity contribution in [2.75, 3.05) is 23.0 Å². The lowest BCUT2D eigenvalue weighted by atomic mass is 9.92. The van der Waals surface area contributed by atoms with E-state index in [2.05, 4.69) is 46.7 Å². The number of benzene rings is 2. The van der Waals surface area contributed by atoms with Gasteiger partial charge in [-0.25, -0.2) is 19.4 Å². The van der Waals surface area contributed by atoms with Gasteiger partial charge in [0.2, 0.25) is 5.88 Å². The average Bonchev–Trinajstić information content (AvgIpc) is 3.25. The summed E-state index contributed by atoms with van der Waals surface area (Å²) in [6.45, 7) is 6.25. The molecule has 9 nitrogen and oxygen atoms in total. The predicted octanol–water partition coefficient (Wildman–Crippen LogP) is 5.44. The fourth-order valence-corrected chi connectivity index (χ4v) is 3.14. The van der Waals surface area contributed by atoms with Crippen LogP contribution in [0.3, 0.4) is 0 Å². The monoisotopic (exact) mass is 457 g/mol. The molecule has 0 saturated heterocycles. The molecule has 2 aromatic heterocycles. The van der Waals surface area contributed by atoms with E-state index in [9.17, 15) is 4.79 Å². The molecule has 3 N–H and O–H groups in total. The first-order valence-electron chi connectivity index (χ1n) is 10.8. The van der Waals surface area contributed by atoms with Crippen LogP contribution in [-0.4, -0.2) is 32.8 Å². The summed E-state index contributed by atoms with van der Waals surface area (Å²) in [5.41, 5.74) is 2.19. The molecule has 2 heterocycles. The van der Waals surface area contributed by atoms with E-state index in [0.29, 0.717) is 29.0 Å². The summed E-state index contributed by atoms with van der Waals surface area (Å²) in [6, 6.07) is 19.9. The maximum absolute atomic E-state index is 12.8. The molecule has 0 unspecified atom stereocenters. The number of amides is 2. The quantitative estimate of drug-likeness (QED) is 0.356. The van der Waals surface area contributed by atoms with Crippen LogP contribution in [0.15, 0.2) is 73.1 Å². The Bertz CT molecular complexity index is 1260. The van der Waals surface area contributed by atoms with Gasteiger partial charge in [0, 0.05) is 30.3 Å².